The van der Waals surface area contributed by atoms with Crippen LogP contribution < -0.4 is 5.32 Å². The first-order chi connectivity index (χ1) is 11.5. The molecule has 24 heavy (non-hydrogen) atoms. The smallest absolute Gasteiger partial charge is 0.317 e. The maximum Gasteiger partial charge on any atom is 0.317 e. The van der Waals surface area contributed by atoms with Crippen molar-refractivity contribution < 1.29 is 19.5 Å². The molecule has 0 aromatic carbocycles. The molecule has 0 aromatic rings. The number of piperidine rings is 1. The predicted octanol–water partition coefficient (Wildman–Crippen LogP) is 1.28. The molecule has 2 unspecified atom stereocenters. The maximum atomic E-state index is 12.7. The third kappa shape index (κ3) is 3.82. The van der Waals surface area contributed by atoms with E-state index in [9.17, 15) is 14.4 Å². The highest BCUT2D eigenvalue weighted by molar-refractivity contribution is 5.82. The molecule has 134 valence electrons. The van der Waals surface area contributed by atoms with Crippen LogP contribution in [0.25, 0.3) is 0 Å². The van der Waals surface area contributed by atoms with Crippen molar-refractivity contribution in [2.24, 2.45) is 11.8 Å². The topological polar surface area (TPSA) is 90.0 Å². The number of aliphatic carboxylic acids is 1. The van der Waals surface area contributed by atoms with Gasteiger partial charge in [-0.3, -0.25) is 9.59 Å². The summed E-state index contributed by atoms with van der Waals surface area (Å²) in [6.45, 7) is 1.96. The molecule has 3 fully saturated rings. The molecule has 2 saturated heterocycles. The van der Waals surface area contributed by atoms with Gasteiger partial charge in [0, 0.05) is 32.2 Å². The van der Waals surface area contributed by atoms with Crippen molar-refractivity contribution in [2.45, 2.75) is 51.0 Å². The van der Waals surface area contributed by atoms with Gasteiger partial charge in [0.15, 0.2) is 0 Å². The Kier molecular flexibility index (Phi) is 5.26. The second-order valence-corrected chi connectivity index (χ2v) is 7.32. The van der Waals surface area contributed by atoms with Crippen LogP contribution in [0.3, 0.4) is 0 Å². The zero-order valence-corrected chi connectivity index (χ0v) is 14.1. The van der Waals surface area contributed by atoms with Crippen molar-refractivity contribution in [1.82, 2.24) is 15.1 Å². The number of carbonyl (C=O) groups is 3. The fourth-order valence-electron chi connectivity index (χ4n) is 4.12. The average Bonchev–Trinajstić information content (AvgIpc) is 3.26. The lowest BCUT2D eigenvalue weighted by Crippen LogP contribution is -2.51. The summed E-state index contributed by atoms with van der Waals surface area (Å²) in [5.74, 6) is -1.46. The molecule has 2 atom stereocenters. The minimum absolute atomic E-state index is 0.0112. The normalized spacial score (nSPS) is 28.2. The van der Waals surface area contributed by atoms with Gasteiger partial charge in [-0.05, 0) is 32.1 Å². The molecule has 1 saturated carbocycles. The summed E-state index contributed by atoms with van der Waals surface area (Å²) < 4.78 is 0. The van der Waals surface area contributed by atoms with Crippen molar-refractivity contribution >= 4 is 17.9 Å². The highest BCUT2D eigenvalue weighted by Crippen LogP contribution is 2.24. The van der Waals surface area contributed by atoms with E-state index in [1.807, 2.05) is 0 Å². The van der Waals surface area contributed by atoms with Crippen LogP contribution in [0.2, 0.25) is 0 Å². The van der Waals surface area contributed by atoms with Crippen molar-refractivity contribution in [3.63, 3.8) is 0 Å². The maximum absolute atomic E-state index is 12.7. The van der Waals surface area contributed by atoms with E-state index in [1.54, 1.807) is 9.80 Å². The van der Waals surface area contributed by atoms with E-state index < -0.39 is 11.9 Å². The molecule has 0 bridgehead atoms. The number of carboxylic acids is 1. The van der Waals surface area contributed by atoms with E-state index in [-0.39, 0.29) is 23.9 Å². The van der Waals surface area contributed by atoms with Crippen molar-refractivity contribution in [1.29, 1.82) is 0 Å². The molecule has 0 spiro atoms. The Morgan fingerprint density at radius 1 is 0.833 bits per heavy atom. The number of nitrogens with one attached hydrogen (secondary N) is 1. The minimum atomic E-state index is -0.827. The molecule has 7 nitrogen and oxygen atoms in total. The standard InChI is InChI=1S/C17H27N3O4/c21-15(19-9-7-13(11-19)16(22)23)12-4-3-8-20(10-12)17(24)18-14-5-1-2-6-14/h12-14H,1-11H2,(H,18,24)(H,22,23). The zero-order valence-electron chi connectivity index (χ0n) is 14.1. The van der Waals surface area contributed by atoms with Gasteiger partial charge in [-0.15, -0.1) is 0 Å². The van der Waals surface area contributed by atoms with Crippen LogP contribution in [0, 0.1) is 11.8 Å². The number of amides is 3. The number of carbonyl (C=O) groups excluding carboxylic acids is 2. The van der Waals surface area contributed by atoms with Gasteiger partial charge in [0.1, 0.15) is 0 Å². The van der Waals surface area contributed by atoms with Crippen LogP contribution in [-0.4, -0.2) is 65.0 Å². The minimum Gasteiger partial charge on any atom is -0.481 e. The first-order valence-corrected chi connectivity index (χ1v) is 9.11. The number of hydrogen-bond acceptors (Lipinski definition) is 3. The number of hydrogen-bond donors (Lipinski definition) is 2. The fourth-order valence-corrected chi connectivity index (χ4v) is 4.12. The molecule has 2 N–H and O–H groups in total. The first-order valence-electron chi connectivity index (χ1n) is 9.11. The van der Waals surface area contributed by atoms with E-state index in [1.165, 1.54) is 12.8 Å². The summed E-state index contributed by atoms with van der Waals surface area (Å²) in [5.41, 5.74) is 0. The Balaban J connectivity index is 1.52. The summed E-state index contributed by atoms with van der Waals surface area (Å²) in [4.78, 5) is 39.5. The lowest BCUT2D eigenvalue weighted by molar-refractivity contribution is -0.141. The second-order valence-electron chi connectivity index (χ2n) is 7.32. The molecule has 3 aliphatic rings. The van der Waals surface area contributed by atoms with Crippen molar-refractivity contribution in [3.8, 4) is 0 Å². The Morgan fingerprint density at radius 2 is 1.54 bits per heavy atom. The monoisotopic (exact) mass is 337 g/mol. The predicted molar refractivity (Wildman–Crippen MR) is 87.4 cm³/mol. The summed E-state index contributed by atoms with van der Waals surface area (Å²) in [6.07, 6.45) is 6.57. The van der Waals surface area contributed by atoms with Gasteiger partial charge < -0.3 is 20.2 Å². The van der Waals surface area contributed by atoms with Gasteiger partial charge in [-0.1, -0.05) is 12.8 Å². The third-order valence-corrected chi connectivity index (χ3v) is 5.59. The van der Waals surface area contributed by atoms with Crippen LogP contribution >= 0.6 is 0 Å². The van der Waals surface area contributed by atoms with Gasteiger partial charge >= 0.3 is 12.0 Å². The van der Waals surface area contributed by atoms with Crippen LogP contribution in [0.4, 0.5) is 4.79 Å². The lowest BCUT2D eigenvalue weighted by atomic mass is 9.96. The summed E-state index contributed by atoms with van der Waals surface area (Å²) in [7, 11) is 0. The summed E-state index contributed by atoms with van der Waals surface area (Å²) in [5, 5.41) is 12.2. The lowest BCUT2D eigenvalue weighted by Gasteiger charge is -2.34. The van der Waals surface area contributed by atoms with E-state index in [0.717, 1.165) is 25.7 Å². The van der Waals surface area contributed by atoms with Gasteiger partial charge in [0.05, 0.1) is 11.8 Å². The zero-order chi connectivity index (χ0) is 17.1. The molecule has 0 radical (unpaired) electrons. The van der Waals surface area contributed by atoms with E-state index >= 15 is 0 Å². The largest absolute Gasteiger partial charge is 0.481 e. The average molecular weight is 337 g/mol. The molecule has 7 heteroatoms. The Bertz CT molecular complexity index is 504. The number of urea groups is 1. The fraction of sp³-hybridized carbons (Fsp3) is 0.824. The molecular formula is C17H27N3O4. The molecule has 2 heterocycles. The van der Waals surface area contributed by atoms with Crippen LogP contribution in [0.5, 0.6) is 0 Å². The van der Waals surface area contributed by atoms with E-state index in [2.05, 4.69) is 5.32 Å². The number of likely N-dealkylation sites (tertiary alicyclic amines) is 2. The molecule has 0 aromatic heterocycles. The Morgan fingerprint density at radius 3 is 2.21 bits per heavy atom. The molecule has 3 amide bonds. The van der Waals surface area contributed by atoms with Gasteiger partial charge in [0.25, 0.3) is 0 Å². The van der Waals surface area contributed by atoms with Gasteiger partial charge in [0.2, 0.25) is 5.91 Å². The third-order valence-electron chi connectivity index (χ3n) is 5.59. The van der Waals surface area contributed by atoms with E-state index in [0.29, 0.717) is 32.6 Å². The molecule has 1 aliphatic carbocycles. The molecule has 3 rings (SSSR count). The highest BCUT2D eigenvalue weighted by atomic mass is 16.4. The van der Waals surface area contributed by atoms with Gasteiger partial charge in [-0.25, -0.2) is 4.79 Å². The number of nitrogens with zero attached hydrogens (tertiary/aromatic N) is 2. The number of rotatable bonds is 3. The first kappa shape index (κ1) is 17.0. The van der Waals surface area contributed by atoms with Crippen LogP contribution in [0.1, 0.15) is 44.9 Å². The van der Waals surface area contributed by atoms with E-state index in [4.69, 9.17) is 5.11 Å². The number of carboxylic acid groups (broad SMARTS) is 1. The Hall–Kier alpha value is -1.79. The van der Waals surface area contributed by atoms with Crippen LogP contribution in [-0.2, 0) is 9.59 Å². The molecular weight excluding hydrogens is 310 g/mol. The second kappa shape index (κ2) is 7.40. The van der Waals surface area contributed by atoms with Crippen molar-refractivity contribution in [2.75, 3.05) is 26.2 Å². The van der Waals surface area contributed by atoms with Crippen LogP contribution in [0.15, 0.2) is 0 Å². The van der Waals surface area contributed by atoms with Crippen molar-refractivity contribution in [3.05, 3.63) is 0 Å². The Labute approximate surface area is 142 Å². The SMILES string of the molecule is O=C(O)C1CCN(C(=O)C2CCCN(C(=O)NC3CCCC3)C2)C1. The highest BCUT2D eigenvalue weighted by Gasteiger charge is 2.36. The quantitative estimate of drug-likeness (QED) is 0.812. The molecule has 2 aliphatic heterocycles. The summed E-state index contributed by atoms with van der Waals surface area (Å²) in [6, 6.07) is 0.229. The van der Waals surface area contributed by atoms with Gasteiger partial charge in [-0.2, -0.15) is 0 Å². The summed E-state index contributed by atoms with van der Waals surface area (Å²) >= 11 is 0.